The van der Waals surface area contributed by atoms with Gasteiger partial charge in [0, 0.05) is 24.5 Å². The monoisotopic (exact) mass is 394 g/mol. The highest BCUT2D eigenvalue weighted by Crippen LogP contribution is 2.23. The fourth-order valence-electron chi connectivity index (χ4n) is 3.12. The number of carbonyl (C=O) groups is 1. The number of morpholine rings is 1. The van der Waals surface area contributed by atoms with Crippen LogP contribution in [0, 0.1) is 6.92 Å². The molecule has 144 valence electrons. The van der Waals surface area contributed by atoms with Crippen molar-refractivity contribution in [1.82, 2.24) is 9.97 Å². The number of thioether (sulfide) groups is 1. The number of benzene rings is 2. The average molecular weight is 395 g/mol. The van der Waals surface area contributed by atoms with Crippen molar-refractivity contribution in [2.75, 3.05) is 42.3 Å². The fourth-order valence-corrected chi connectivity index (χ4v) is 3.87. The SMILES string of the molecule is Cc1nc2ccccc2nc1SCC(=O)Nc1ccc(N2CCOCC2)cc1. The standard InChI is InChI=1S/C21H22N4O2S/c1-15-21(24-19-5-3-2-4-18(19)22-15)28-14-20(26)23-16-6-8-17(9-7-16)25-10-12-27-13-11-25/h2-9H,10-14H2,1H3,(H,23,26). The molecule has 2 heterocycles. The van der Waals surface area contributed by atoms with Crippen LogP contribution in [0.4, 0.5) is 11.4 Å². The number of nitrogens with zero attached hydrogens (tertiary/aromatic N) is 3. The molecule has 2 aromatic carbocycles. The molecule has 0 unspecified atom stereocenters. The van der Waals surface area contributed by atoms with Crippen LogP contribution in [-0.2, 0) is 9.53 Å². The number of anilines is 2. The number of carbonyl (C=O) groups excluding carboxylic acids is 1. The van der Waals surface area contributed by atoms with E-state index in [9.17, 15) is 4.79 Å². The van der Waals surface area contributed by atoms with Gasteiger partial charge in [-0.15, -0.1) is 0 Å². The molecule has 1 aliphatic rings. The third-order valence-corrected chi connectivity index (χ3v) is 5.64. The molecule has 0 saturated carbocycles. The number of aryl methyl sites for hydroxylation is 1. The third kappa shape index (κ3) is 4.43. The van der Waals surface area contributed by atoms with Crippen molar-refractivity contribution >= 4 is 40.1 Å². The maximum Gasteiger partial charge on any atom is 0.234 e. The molecule has 0 atom stereocenters. The quantitative estimate of drug-likeness (QED) is 0.668. The summed E-state index contributed by atoms with van der Waals surface area (Å²) in [5, 5.41) is 3.74. The van der Waals surface area contributed by atoms with Gasteiger partial charge in [0.15, 0.2) is 0 Å². The molecule has 28 heavy (non-hydrogen) atoms. The van der Waals surface area contributed by atoms with E-state index >= 15 is 0 Å². The Bertz CT molecular complexity index is 972. The molecule has 0 spiro atoms. The third-order valence-electron chi connectivity index (χ3n) is 4.57. The van der Waals surface area contributed by atoms with Crippen LogP contribution in [-0.4, -0.2) is 47.9 Å². The maximum atomic E-state index is 12.3. The van der Waals surface area contributed by atoms with Gasteiger partial charge in [0.05, 0.1) is 35.7 Å². The summed E-state index contributed by atoms with van der Waals surface area (Å²) in [5.41, 5.74) is 4.50. The first-order valence-electron chi connectivity index (χ1n) is 9.28. The highest BCUT2D eigenvalue weighted by Gasteiger charge is 2.12. The lowest BCUT2D eigenvalue weighted by atomic mass is 10.2. The number of ether oxygens (including phenoxy) is 1. The molecular weight excluding hydrogens is 372 g/mol. The van der Waals surface area contributed by atoms with Gasteiger partial charge in [0.1, 0.15) is 5.03 Å². The fraction of sp³-hybridized carbons (Fsp3) is 0.286. The van der Waals surface area contributed by atoms with E-state index in [4.69, 9.17) is 4.74 Å². The summed E-state index contributed by atoms with van der Waals surface area (Å²) in [5.74, 6) is 0.234. The van der Waals surface area contributed by atoms with Crippen molar-refractivity contribution in [1.29, 1.82) is 0 Å². The Morgan fingerprint density at radius 2 is 1.75 bits per heavy atom. The first kappa shape index (κ1) is 18.7. The second-order valence-corrected chi connectivity index (χ2v) is 7.55. The van der Waals surface area contributed by atoms with E-state index in [-0.39, 0.29) is 5.91 Å². The topological polar surface area (TPSA) is 67.4 Å². The molecule has 0 bridgehead atoms. The predicted molar refractivity (Wildman–Crippen MR) is 113 cm³/mol. The highest BCUT2D eigenvalue weighted by molar-refractivity contribution is 8.00. The van der Waals surface area contributed by atoms with E-state index in [1.165, 1.54) is 11.8 Å². The van der Waals surface area contributed by atoms with Crippen molar-refractivity contribution in [2.45, 2.75) is 11.9 Å². The number of amides is 1. The Hall–Kier alpha value is -2.64. The number of nitrogens with one attached hydrogen (secondary N) is 1. The Morgan fingerprint density at radius 3 is 2.46 bits per heavy atom. The Morgan fingerprint density at radius 1 is 1.07 bits per heavy atom. The van der Waals surface area contributed by atoms with Gasteiger partial charge >= 0.3 is 0 Å². The van der Waals surface area contributed by atoms with Gasteiger partial charge in [-0.25, -0.2) is 9.97 Å². The lowest BCUT2D eigenvalue weighted by molar-refractivity contribution is -0.113. The second kappa shape index (κ2) is 8.58. The number of hydrogen-bond donors (Lipinski definition) is 1. The van der Waals surface area contributed by atoms with Crippen molar-refractivity contribution in [2.24, 2.45) is 0 Å². The van der Waals surface area contributed by atoms with Crippen LogP contribution in [0.3, 0.4) is 0 Å². The normalized spacial score (nSPS) is 14.2. The summed E-state index contributed by atoms with van der Waals surface area (Å²) in [6.45, 7) is 5.23. The number of para-hydroxylation sites is 2. The Balaban J connectivity index is 1.35. The Kier molecular flexibility index (Phi) is 5.73. The van der Waals surface area contributed by atoms with E-state index in [0.29, 0.717) is 5.75 Å². The molecule has 1 aromatic heterocycles. The van der Waals surface area contributed by atoms with Gasteiger partial charge in [-0.05, 0) is 43.3 Å². The summed E-state index contributed by atoms with van der Waals surface area (Å²) in [4.78, 5) is 23.8. The van der Waals surface area contributed by atoms with Gasteiger partial charge in [0.25, 0.3) is 0 Å². The molecule has 1 N–H and O–H groups in total. The van der Waals surface area contributed by atoms with E-state index in [0.717, 1.165) is 59.4 Å². The number of fused-ring (bicyclic) bond motifs is 1. The maximum absolute atomic E-state index is 12.3. The zero-order chi connectivity index (χ0) is 19.3. The van der Waals surface area contributed by atoms with Gasteiger partial charge in [-0.3, -0.25) is 4.79 Å². The van der Waals surface area contributed by atoms with Crippen LogP contribution in [0.5, 0.6) is 0 Å². The number of hydrogen-bond acceptors (Lipinski definition) is 6. The molecule has 1 aliphatic heterocycles. The molecule has 0 radical (unpaired) electrons. The van der Waals surface area contributed by atoms with E-state index in [2.05, 4.69) is 20.2 Å². The minimum Gasteiger partial charge on any atom is -0.378 e. The summed E-state index contributed by atoms with van der Waals surface area (Å²) in [6, 6.07) is 15.7. The first-order chi connectivity index (χ1) is 13.7. The lowest BCUT2D eigenvalue weighted by Gasteiger charge is -2.28. The van der Waals surface area contributed by atoms with Gasteiger partial charge < -0.3 is 15.0 Å². The number of rotatable bonds is 5. The molecule has 6 nitrogen and oxygen atoms in total. The van der Waals surface area contributed by atoms with Crippen molar-refractivity contribution in [3.05, 3.63) is 54.2 Å². The molecule has 1 amide bonds. The second-order valence-electron chi connectivity index (χ2n) is 6.59. The van der Waals surface area contributed by atoms with E-state index in [1.54, 1.807) is 0 Å². The van der Waals surface area contributed by atoms with Crippen LogP contribution < -0.4 is 10.2 Å². The molecule has 0 aliphatic carbocycles. The minimum atomic E-state index is -0.0570. The van der Waals surface area contributed by atoms with Crippen molar-refractivity contribution < 1.29 is 9.53 Å². The zero-order valence-corrected chi connectivity index (χ0v) is 16.5. The summed E-state index contributed by atoms with van der Waals surface area (Å²) in [7, 11) is 0. The largest absolute Gasteiger partial charge is 0.378 e. The summed E-state index contributed by atoms with van der Waals surface area (Å²) < 4.78 is 5.38. The molecule has 1 saturated heterocycles. The van der Waals surface area contributed by atoms with E-state index in [1.807, 2.05) is 55.5 Å². The van der Waals surface area contributed by atoms with Crippen LogP contribution in [0.15, 0.2) is 53.6 Å². The average Bonchev–Trinajstić information content (AvgIpc) is 2.73. The molecule has 4 rings (SSSR count). The molecule has 7 heteroatoms. The van der Waals surface area contributed by atoms with Crippen LogP contribution in [0.25, 0.3) is 11.0 Å². The molecule has 1 fully saturated rings. The van der Waals surface area contributed by atoms with Crippen LogP contribution in [0.1, 0.15) is 5.69 Å². The lowest BCUT2D eigenvalue weighted by Crippen LogP contribution is -2.36. The van der Waals surface area contributed by atoms with Gasteiger partial charge in [-0.2, -0.15) is 0 Å². The summed E-state index contributed by atoms with van der Waals surface area (Å²) in [6.07, 6.45) is 0. The van der Waals surface area contributed by atoms with Crippen LogP contribution in [0.2, 0.25) is 0 Å². The van der Waals surface area contributed by atoms with Gasteiger partial charge in [0.2, 0.25) is 5.91 Å². The highest BCUT2D eigenvalue weighted by atomic mass is 32.2. The summed E-state index contributed by atoms with van der Waals surface area (Å²) >= 11 is 1.41. The minimum absolute atomic E-state index is 0.0570. The van der Waals surface area contributed by atoms with E-state index < -0.39 is 0 Å². The molecule has 3 aromatic rings. The zero-order valence-electron chi connectivity index (χ0n) is 15.7. The van der Waals surface area contributed by atoms with Gasteiger partial charge in [-0.1, -0.05) is 23.9 Å². The smallest absolute Gasteiger partial charge is 0.234 e. The first-order valence-corrected chi connectivity index (χ1v) is 10.3. The number of aromatic nitrogens is 2. The predicted octanol–water partition coefficient (Wildman–Crippen LogP) is 3.51. The molecular formula is C21H22N4O2S. The van der Waals surface area contributed by atoms with Crippen LogP contribution >= 0.6 is 11.8 Å². The Labute approximate surface area is 168 Å². The van der Waals surface area contributed by atoms with Crippen molar-refractivity contribution in [3.8, 4) is 0 Å². The van der Waals surface area contributed by atoms with Crippen molar-refractivity contribution in [3.63, 3.8) is 0 Å².